The summed E-state index contributed by atoms with van der Waals surface area (Å²) in [4.78, 5) is 26.0. The van der Waals surface area contributed by atoms with Crippen molar-refractivity contribution in [1.29, 1.82) is 0 Å². The lowest BCUT2D eigenvalue weighted by molar-refractivity contribution is 0.0679. The average Bonchev–Trinajstić information content (AvgIpc) is 3.29. The largest absolute Gasteiger partial charge is 0.491 e. The van der Waals surface area contributed by atoms with E-state index in [4.69, 9.17) is 15.2 Å². The maximum atomic E-state index is 12.7. The number of nitrogens with one attached hydrogen (secondary N) is 1. The first-order valence-electron chi connectivity index (χ1n) is 10.2. The molecular weight excluding hydrogens is 388 g/mol. The van der Waals surface area contributed by atoms with Crippen LogP contribution in [0.4, 0.5) is 5.00 Å². The molecule has 2 aliphatic rings. The third kappa shape index (κ3) is 4.62. The van der Waals surface area contributed by atoms with Crippen LogP contribution in [0.3, 0.4) is 0 Å². The van der Waals surface area contributed by atoms with E-state index in [0.717, 1.165) is 57.1 Å². The predicted molar refractivity (Wildman–Crippen MR) is 113 cm³/mol. The number of ether oxygens (including phenoxy) is 2. The number of thiophene rings is 1. The highest BCUT2D eigenvalue weighted by atomic mass is 32.1. The molecule has 1 unspecified atom stereocenters. The number of rotatable bonds is 6. The second kappa shape index (κ2) is 8.97. The van der Waals surface area contributed by atoms with Gasteiger partial charge in [0.05, 0.1) is 11.7 Å². The molecule has 0 saturated carbocycles. The second-order valence-corrected chi connectivity index (χ2v) is 8.66. The van der Waals surface area contributed by atoms with Crippen molar-refractivity contribution in [3.63, 3.8) is 0 Å². The van der Waals surface area contributed by atoms with E-state index >= 15 is 0 Å². The Labute approximate surface area is 174 Å². The number of hydrogen-bond acceptors (Lipinski definition) is 5. The van der Waals surface area contributed by atoms with Gasteiger partial charge in [-0.2, -0.15) is 0 Å². The number of nitrogens with two attached hydrogens (primary N) is 1. The van der Waals surface area contributed by atoms with Gasteiger partial charge in [-0.25, -0.2) is 0 Å². The van der Waals surface area contributed by atoms with Crippen LogP contribution in [0.15, 0.2) is 24.3 Å². The molecule has 1 aliphatic carbocycles. The van der Waals surface area contributed by atoms with Gasteiger partial charge in [0.25, 0.3) is 11.8 Å². The molecule has 0 radical (unpaired) electrons. The standard InChI is InChI=1S/C22H26N2O4S/c23-20(25)19-17-6-2-1-3-7-18(17)29-22(19)24-21(26)14-8-10-15(11-9-14)28-13-16-5-4-12-27-16/h8-11,16H,1-7,12-13H2,(H2,23,25)(H,24,26). The smallest absolute Gasteiger partial charge is 0.256 e. The van der Waals surface area contributed by atoms with Crippen molar-refractivity contribution in [3.05, 3.63) is 45.8 Å². The fourth-order valence-electron chi connectivity index (χ4n) is 3.93. The SMILES string of the molecule is NC(=O)c1c(NC(=O)c2ccc(OCC3CCCO3)cc2)sc2c1CCCCC2. The molecule has 1 aromatic carbocycles. The predicted octanol–water partition coefficient (Wildman–Crippen LogP) is 3.93. The van der Waals surface area contributed by atoms with Crippen LogP contribution in [-0.2, 0) is 17.6 Å². The Balaban J connectivity index is 1.44. The Hall–Kier alpha value is -2.38. The molecule has 29 heavy (non-hydrogen) atoms. The second-order valence-electron chi connectivity index (χ2n) is 7.56. The summed E-state index contributed by atoms with van der Waals surface area (Å²) < 4.78 is 11.3. The van der Waals surface area contributed by atoms with Crippen molar-refractivity contribution in [2.24, 2.45) is 5.73 Å². The highest BCUT2D eigenvalue weighted by Crippen LogP contribution is 2.37. The van der Waals surface area contributed by atoms with E-state index in [1.165, 1.54) is 16.2 Å². The van der Waals surface area contributed by atoms with E-state index in [2.05, 4.69) is 5.32 Å². The van der Waals surface area contributed by atoms with Gasteiger partial charge in [-0.1, -0.05) is 6.42 Å². The summed E-state index contributed by atoms with van der Waals surface area (Å²) in [5.74, 6) is -0.0233. The monoisotopic (exact) mass is 414 g/mol. The number of aryl methyl sites for hydroxylation is 1. The Morgan fingerprint density at radius 1 is 1.14 bits per heavy atom. The zero-order valence-corrected chi connectivity index (χ0v) is 17.2. The number of benzene rings is 1. The molecule has 1 aromatic heterocycles. The van der Waals surface area contributed by atoms with Gasteiger partial charge in [-0.3, -0.25) is 9.59 Å². The lowest BCUT2D eigenvalue weighted by atomic mass is 10.1. The minimum absolute atomic E-state index is 0.152. The Kier molecular flexibility index (Phi) is 6.16. The van der Waals surface area contributed by atoms with E-state index in [9.17, 15) is 9.59 Å². The molecule has 2 aromatic rings. The van der Waals surface area contributed by atoms with Crippen LogP contribution in [-0.4, -0.2) is 31.1 Å². The lowest BCUT2D eigenvalue weighted by Crippen LogP contribution is -2.18. The van der Waals surface area contributed by atoms with Crippen molar-refractivity contribution < 1.29 is 19.1 Å². The van der Waals surface area contributed by atoms with E-state index in [-0.39, 0.29) is 12.0 Å². The molecule has 4 rings (SSSR count). The molecule has 2 heterocycles. The molecule has 1 saturated heterocycles. The molecule has 1 aliphatic heterocycles. The van der Waals surface area contributed by atoms with Crippen molar-refractivity contribution in [1.82, 2.24) is 0 Å². The quantitative estimate of drug-likeness (QED) is 0.701. The van der Waals surface area contributed by atoms with Crippen LogP contribution >= 0.6 is 11.3 Å². The van der Waals surface area contributed by atoms with Crippen molar-refractivity contribution in [2.45, 2.75) is 51.0 Å². The topological polar surface area (TPSA) is 90.7 Å². The molecule has 0 spiro atoms. The first-order chi connectivity index (χ1) is 14.1. The summed E-state index contributed by atoms with van der Waals surface area (Å²) in [6.45, 7) is 1.32. The number of primary amides is 1. The number of carbonyl (C=O) groups excluding carboxylic acids is 2. The van der Waals surface area contributed by atoms with E-state index < -0.39 is 5.91 Å². The van der Waals surface area contributed by atoms with Crippen LogP contribution in [0.2, 0.25) is 0 Å². The van der Waals surface area contributed by atoms with Gasteiger partial charge in [-0.05, 0) is 68.4 Å². The third-order valence-corrected chi connectivity index (χ3v) is 6.68. The van der Waals surface area contributed by atoms with Gasteiger partial charge in [0.2, 0.25) is 0 Å². The van der Waals surface area contributed by atoms with Crippen molar-refractivity contribution in [3.8, 4) is 5.75 Å². The molecule has 2 amide bonds. The van der Waals surface area contributed by atoms with Gasteiger partial charge in [0.15, 0.2) is 0 Å². The summed E-state index contributed by atoms with van der Waals surface area (Å²) >= 11 is 1.48. The highest BCUT2D eigenvalue weighted by molar-refractivity contribution is 7.17. The zero-order chi connectivity index (χ0) is 20.2. The van der Waals surface area contributed by atoms with E-state index in [1.54, 1.807) is 24.3 Å². The van der Waals surface area contributed by atoms with Crippen LogP contribution in [0.25, 0.3) is 0 Å². The van der Waals surface area contributed by atoms with E-state index in [0.29, 0.717) is 28.5 Å². The number of anilines is 1. The fourth-order valence-corrected chi connectivity index (χ4v) is 5.22. The van der Waals surface area contributed by atoms with Crippen LogP contribution in [0, 0.1) is 0 Å². The molecule has 1 fully saturated rings. The van der Waals surface area contributed by atoms with Gasteiger partial charge < -0.3 is 20.5 Å². The molecule has 6 nitrogen and oxygen atoms in total. The number of fused-ring (bicyclic) bond motifs is 1. The minimum atomic E-state index is -0.474. The van der Waals surface area contributed by atoms with Crippen LogP contribution < -0.4 is 15.8 Å². The minimum Gasteiger partial charge on any atom is -0.491 e. The van der Waals surface area contributed by atoms with Crippen molar-refractivity contribution >= 4 is 28.2 Å². The fraction of sp³-hybridized carbons (Fsp3) is 0.455. The molecule has 3 N–H and O–H groups in total. The Morgan fingerprint density at radius 2 is 1.93 bits per heavy atom. The van der Waals surface area contributed by atoms with Gasteiger partial charge in [0, 0.05) is 17.0 Å². The van der Waals surface area contributed by atoms with Gasteiger partial charge >= 0.3 is 0 Å². The molecule has 7 heteroatoms. The zero-order valence-electron chi connectivity index (χ0n) is 16.4. The van der Waals surface area contributed by atoms with Crippen molar-refractivity contribution in [2.75, 3.05) is 18.5 Å². The summed E-state index contributed by atoms with van der Waals surface area (Å²) in [6, 6.07) is 7.01. The summed E-state index contributed by atoms with van der Waals surface area (Å²) in [5, 5.41) is 3.46. The maximum absolute atomic E-state index is 12.7. The summed E-state index contributed by atoms with van der Waals surface area (Å²) in [5.41, 5.74) is 7.66. The highest BCUT2D eigenvalue weighted by Gasteiger charge is 2.24. The lowest BCUT2D eigenvalue weighted by Gasteiger charge is -2.12. The molecule has 1 atom stereocenters. The molecule has 0 bridgehead atoms. The van der Waals surface area contributed by atoms with Crippen LogP contribution in [0.1, 0.15) is 63.3 Å². The van der Waals surface area contributed by atoms with Crippen LogP contribution in [0.5, 0.6) is 5.75 Å². The normalized spacial score (nSPS) is 18.7. The Morgan fingerprint density at radius 3 is 2.66 bits per heavy atom. The van der Waals surface area contributed by atoms with Gasteiger partial charge in [-0.15, -0.1) is 11.3 Å². The number of amides is 2. The summed E-state index contributed by atoms with van der Waals surface area (Å²) in [7, 11) is 0. The molecule has 154 valence electrons. The number of hydrogen-bond donors (Lipinski definition) is 2. The van der Waals surface area contributed by atoms with E-state index in [1.807, 2.05) is 0 Å². The Bertz CT molecular complexity index is 885. The first-order valence-corrected chi connectivity index (χ1v) is 11.0. The third-order valence-electron chi connectivity index (χ3n) is 5.47. The van der Waals surface area contributed by atoms with Gasteiger partial charge in [0.1, 0.15) is 17.4 Å². The maximum Gasteiger partial charge on any atom is 0.256 e. The first kappa shape index (κ1) is 19.9. The molecular formula is C22H26N2O4S. The summed E-state index contributed by atoms with van der Waals surface area (Å²) in [6.07, 6.45) is 7.34. The number of carbonyl (C=O) groups is 2. The average molecular weight is 415 g/mol.